The van der Waals surface area contributed by atoms with Gasteiger partial charge in [-0.3, -0.25) is 20.2 Å². The summed E-state index contributed by atoms with van der Waals surface area (Å²) in [6.45, 7) is 1.94. The van der Waals surface area contributed by atoms with Crippen LogP contribution in [0.15, 0.2) is 48.5 Å². The van der Waals surface area contributed by atoms with Crippen LogP contribution in [0.25, 0.3) is 0 Å². The number of rotatable bonds is 8. The van der Waals surface area contributed by atoms with Crippen molar-refractivity contribution in [2.75, 3.05) is 6.61 Å². The highest BCUT2D eigenvalue weighted by Crippen LogP contribution is 2.23. The number of nitrogens with zero attached hydrogens (tertiary/aromatic N) is 2. The molecule has 0 saturated carbocycles. The van der Waals surface area contributed by atoms with Crippen LogP contribution < -0.4 is 0 Å². The molecule has 2 aromatic carbocycles. The maximum absolute atomic E-state index is 12.1. The Balaban J connectivity index is 1.96. The molecule has 0 aliphatic heterocycles. The van der Waals surface area contributed by atoms with E-state index in [1.54, 1.807) is 6.92 Å². The Kier molecular flexibility index (Phi) is 6.34. The average molecular weight is 360 g/mol. The molecule has 0 aromatic heterocycles. The van der Waals surface area contributed by atoms with E-state index in [2.05, 4.69) is 0 Å². The number of nitro groups is 2. The van der Waals surface area contributed by atoms with Crippen LogP contribution in [0.1, 0.15) is 22.8 Å². The van der Waals surface area contributed by atoms with Crippen LogP contribution in [0.5, 0.6) is 0 Å². The lowest BCUT2D eigenvalue weighted by Crippen LogP contribution is -2.19. The van der Waals surface area contributed by atoms with Gasteiger partial charge in [0.1, 0.15) is 6.61 Å². The molecule has 9 nitrogen and oxygen atoms in total. The molecule has 0 aliphatic carbocycles. The first-order valence-electron chi connectivity index (χ1n) is 7.63. The topological polar surface area (TPSA) is 122 Å². The molecule has 0 unspecified atom stereocenters. The van der Waals surface area contributed by atoms with Crippen molar-refractivity contribution in [1.29, 1.82) is 0 Å². The summed E-state index contributed by atoms with van der Waals surface area (Å²) in [5.41, 5.74) is -0.416. The average Bonchev–Trinajstić information content (AvgIpc) is 2.64. The third kappa shape index (κ3) is 5.35. The summed E-state index contributed by atoms with van der Waals surface area (Å²) in [6, 6.07) is 12.1. The lowest BCUT2D eigenvalue weighted by atomic mass is 10.2. The zero-order chi connectivity index (χ0) is 19.1. The van der Waals surface area contributed by atoms with Gasteiger partial charge in [0.2, 0.25) is 0 Å². The van der Waals surface area contributed by atoms with E-state index in [9.17, 15) is 25.0 Å². The molecule has 0 amide bonds. The summed E-state index contributed by atoms with van der Waals surface area (Å²) in [6.07, 6.45) is -0.423. The minimum Gasteiger partial charge on any atom is -0.459 e. The van der Waals surface area contributed by atoms with Gasteiger partial charge in [-0.1, -0.05) is 30.3 Å². The number of non-ortho nitro benzene ring substituents is 2. The van der Waals surface area contributed by atoms with Gasteiger partial charge in [-0.2, -0.15) is 0 Å². The molecule has 2 aromatic rings. The summed E-state index contributed by atoms with van der Waals surface area (Å²) in [5, 5.41) is 21.7. The second kappa shape index (κ2) is 8.67. The van der Waals surface area contributed by atoms with Crippen LogP contribution in [0.3, 0.4) is 0 Å². The van der Waals surface area contributed by atoms with Gasteiger partial charge in [0, 0.05) is 12.1 Å². The maximum Gasteiger partial charge on any atom is 0.338 e. The molecule has 2 rings (SSSR count). The molecule has 0 saturated heterocycles. The molecular weight excluding hydrogens is 344 g/mol. The van der Waals surface area contributed by atoms with Crippen molar-refractivity contribution < 1.29 is 24.1 Å². The highest BCUT2D eigenvalue weighted by atomic mass is 16.6. The Morgan fingerprint density at radius 3 is 2.15 bits per heavy atom. The lowest BCUT2D eigenvalue weighted by Gasteiger charge is -2.13. The van der Waals surface area contributed by atoms with Gasteiger partial charge in [0.25, 0.3) is 11.4 Å². The lowest BCUT2D eigenvalue weighted by molar-refractivity contribution is -0.394. The number of carbonyl (C=O) groups is 1. The number of ether oxygens (including phenoxy) is 2. The van der Waals surface area contributed by atoms with Crippen LogP contribution >= 0.6 is 0 Å². The first-order valence-corrected chi connectivity index (χ1v) is 7.63. The van der Waals surface area contributed by atoms with Crippen LogP contribution in [-0.4, -0.2) is 28.5 Å². The fourth-order valence-electron chi connectivity index (χ4n) is 2.06. The van der Waals surface area contributed by atoms with E-state index in [4.69, 9.17) is 9.47 Å². The summed E-state index contributed by atoms with van der Waals surface area (Å²) in [7, 11) is 0. The first-order chi connectivity index (χ1) is 12.4. The monoisotopic (exact) mass is 360 g/mol. The van der Waals surface area contributed by atoms with Crippen molar-refractivity contribution in [1.82, 2.24) is 0 Å². The molecule has 9 heteroatoms. The highest BCUT2D eigenvalue weighted by Gasteiger charge is 2.21. The van der Waals surface area contributed by atoms with Crippen molar-refractivity contribution in [3.8, 4) is 0 Å². The molecule has 26 heavy (non-hydrogen) atoms. The number of benzene rings is 2. The van der Waals surface area contributed by atoms with Gasteiger partial charge >= 0.3 is 5.97 Å². The van der Waals surface area contributed by atoms with E-state index in [1.807, 2.05) is 30.3 Å². The molecule has 1 atom stereocenters. The third-order valence-corrected chi connectivity index (χ3v) is 3.39. The standard InChI is InChI=1S/C17H16N2O7/c1-12(25-11-13-5-3-2-4-6-13)10-26-17(20)14-7-15(18(21)22)9-16(8-14)19(23)24/h2-9,12H,10-11H2,1H3/t12-/m0/s1. The molecule has 0 N–H and O–H groups in total. The summed E-state index contributed by atoms with van der Waals surface area (Å²) < 4.78 is 10.6. The van der Waals surface area contributed by atoms with E-state index < -0.39 is 33.3 Å². The summed E-state index contributed by atoms with van der Waals surface area (Å²) in [4.78, 5) is 32.1. The predicted octanol–water partition coefficient (Wildman–Crippen LogP) is 3.27. The molecule has 0 aliphatic rings. The quantitative estimate of drug-likeness (QED) is 0.402. The number of nitro benzene ring substituents is 2. The molecule has 0 fully saturated rings. The van der Waals surface area contributed by atoms with Crippen molar-refractivity contribution in [3.63, 3.8) is 0 Å². The van der Waals surface area contributed by atoms with E-state index >= 15 is 0 Å². The molecule has 136 valence electrons. The van der Waals surface area contributed by atoms with E-state index in [-0.39, 0.29) is 12.2 Å². The van der Waals surface area contributed by atoms with Gasteiger partial charge in [0.15, 0.2) is 0 Å². The van der Waals surface area contributed by atoms with Gasteiger partial charge < -0.3 is 9.47 Å². The smallest absolute Gasteiger partial charge is 0.338 e. The van der Waals surface area contributed by atoms with Crippen molar-refractivity contribution in [2.45, 2.75) is 19.6 Å². The zero-order valence-electron chi connectivity index (χ0n) is 13.9. The molecule has 0 spiro atoms. The van der Waals surface area contributed by atoms with Crippen LogP contribution in [-0.2, 0) is 16.1 Å². The fraction of sp³-hybridized carbons (Fsp3) is 0.235. The Labute approximate surface area is 148 Å². The third-order valence-electron chi connectivity index (χ3n) is 3.39. The minimum absolute atomic E-state index is 0.0951. The fourth-order valence-corrected chi connectivity index (χ4v) is 2.06. The Bertz CT molecular complexity index is 776. The highest BCUT2D eigenvalue weighted by molar-refractivity contribution is 5.91. The Morgan fingerprint density at radius 1 is 1.04 bits per heavy atom. The van der Waals surface area contributed by atoms with Gasteiger partial charge in [-0.05, 0) is 12.5 Å². The van der Waals surface area contributed by atoms with E-state index in [1.165, 1.54) is 0 Å². The van der Waals surface area contributed by atoms with E-state index in [0.717, 1.165) is 23.8 Å². The number of esters is 1. The molecular formula is C17H16N2O7. The largest absolute Gasteiger partial charge is 0.459 e. The van der Waals surface area contributed by atoms with Gasteiger partial charge in [0.05, 0.1) is 34.2 Å². The first kappa shape index (κ1) is 19.0. The van der Waals surface area contributed by atoms with Crippen molar-refractivity contribution in [3.05, 3.63) is 79.9 Å². The number of hydrogen-bond donors (Lipinski definition) is 0. The summed E-state index contributed by atoms with van der Waals surface area (Å²) in [5.74, 6) is -0.896. The van der Waals surface area contributed by atoms with Crippen LogP contribution in [0.4, 0.5) is 11.4 Å². The van der Waals surface area contributed by atoms with Gasteiger partial charge in [-0.25, -0.2) is 4.79 Å². The second-order valence-electron chi connectivity index (χ2n) is 5.46. The van der Waals surface area contributed by atoms with Crippen molar-refractivity contribution in [2.24, 2.45) is 0 Å². The minimum atomic E-state index is -0.896. The maximum atomic E-state index is 12.1. The summed E-state index contributed by atoms with van der Waals surface area (Å²) >= 11 is 0. The van der Waals surface area contributed by atoms with Crippen molar-refractivity contribution >= 4 is 17.3 Å². The van der Waals surface area contributed by atoms with Gasteiger partial charge in [-0.15, -0.1) is 0 Å². The van der Waals surface area contributed by atoms with E-state index in [0.29, 0.717) is 6.61 Å². The molecule has 0 bridgehead atoms. The Hall–Kier alpha value is -3.33. The van der Waals surface area contributed by atoms with Crippen LogP contribution in [0, 0.1) is 20.2 Å². The number of hydrogen-bond acceptors (Lipinski definition) is 7. The SMILES string of the molecule is C[C@@H](COC(=O)c1cc([N+](=O)[O-])cc([N+](=O)[O-])c1)OCc1ccccc1. The second-order valence-corrected chi connectivity index (χ2v) is 5.46. The predicted molar refractivity (Wildman–Crippen MR) is 90.7 cm³/mol. The zero-order valence-corrected chi connectivity index (χ0v) is 13.9. The van der Waals surface area contributed by atoms with Crippen LogP contribution in [0.2, 0.25) is 0 Å². The molecule has 0 heterocycles. The normalized spacial score (nSPS) is 11.6. The number of carbonyl (C=O) groups excluding carboxylic acids is 1. The Morgan fingerprint density at radius 2 is 1.62 bits per heavy atom. The molecule has 0 radical (unpaired) electrons.